The highest BCUT2D eigenvalue weighted by Gasteiger charge is 2.38. The number of carboxylic acid groups (broad SMARTS) is 1. The summed E-state index contributed by atoms with van der Waals surface area (Å²) in [5, 5.41) is 17.8. The molecule has 11 heteroatoms. The fraction of sp³-hybridized carbons (Fsp3) is 0.778. The van der Waals surface area contributed by atoms with E-state index in [1.165, 1.54) is 16.7 Å². The molecule has 164 valence electrons. The Bertz CT molecular complexity index is 615. The van der Waals surface area contributed by atoms with E-state index in [1.807, 2.05) is 6.26 Å². The first-order valence-corrected chi connectivity index (χ1v) is 11.9. The molecule has 0 saturated carbocycles. The van der Waals surface area contributed by atoms with E-state index < -0.39 is 30.0 Å². The third kappa shape index (κ3) is 6.51. The summed E-state index contributed by atoms with van der Waals surface area (Å²) in [6.45, 7) is 1.13. The normalized spacial score (nSPS) is 23.4. The lowest BCUT2D eigenvalue weighted by atomic mass is 10.1. The minimum atomic E-state index is -1.03. The molecule has 0 aliphatic carbocycles. The lowest BCUT2D eigenvalue weighted by Gasteiger charge is -2.28. The number of hydrogen-bond donors (Lipinski definition) is 5. The molecule has 9 nitrogen and oxygen atoms in total. The maximum Gasteiger partial charge on any atom is 0.326 e. The Hall–Kier alpha value is -1.46. The Morgan fingerprint density at radius 1 is 1.21 bits per heavy atom. The largest absolute Gasteiger partial charge is 0.480 e. The van der Waals surface area contributed by atoms with Crippen LogP contribution in [-0.2, 0) is 19.2 Å². The van der Waals surface area contributed by atoms with Crippen molar-refractivity contribution in [2.45, 2.75) is 56.3 Å². The van der Waals surface area contributed by atoms with Crippen LogP contribution in [0.2, 0.25) is 0 Å². The fourth-order valence-corrected chi connectivity index (χ4v) is 4.36. The van der Waals surface area contributed by atoms with Crippen molar-refractivity contribution < 1.29 is 24.3 Å². The van der Waals surface area contributed by atoms with Gasteiger partial charge in [-0.2, -0.15) is 24.4 Å². The van der Waals surface area contributed by atoms with E-state index in [2.05, 4.69) is 28.6 Å². The van der Waals surface area contributed by atoms with Gasteiger partial charge in [-0.15, -0.1) is 0 Å². The molecule has 2 fully saturated rings. The number of likely N-dealkylation sites (tertiary alicyclic amines) is 1. The average molecular weight is 447 g/mol. The Morgan fingerprint density at radius 3 is 2.55 bits per heavy atom. The SMILES string of the molecule is CSCCC(NC(=O)C(CS)NC(=O)C1CCCN1)C(=O)N1CCCC1C(=O)O. The van der Waals surface area contributed by atoms with Gasteiger partial charge in [0, 0.05) is 12.3 Å². The average Bonchev–Trinajstić information content (AvgIpc) is 3.40. The maximum absolute atomic E-state index is 13.0. The summed E-state index contributed by atoms with van der Waals surface area (Å²) in [7, 11) is 0. The van der Waals surface area contributed by atoms with Gasteiger partial charge in [-0.25, -0.2) is 4.79 Å². The number of nitrogens with zero attached hydrogens (tertiary/aromatic N) is 1. The summed E-state index contributed by atoms with van der Waals surface area (Å²) in [5.74, 6) is -1.44. The molecule has 4 N–H and O–H groups in total. The number of thiol groups is 1. The van der Waals surface area contributed by atoms with Crippen LogP contribution >= 0.6 is 24.4 Å². The van der Waals surface area contributed by atoms with Crippen LogP contribution in [0.4, 0.5) is 0 Å². The van der Waals surface area contributed by atoms with E-state index in [1.54, 1.807) is 0 Å². The molecule has 2 aliphatic heterocycles. The molecule has 0 aromatic rings. The molecule has 2 saturated heterocycles. The Kier molecular flexibility index (Phi) is 9.57. The number of thioether (sulfide) groups is 1. The standard InChI is InChI=1S/C18H30N4O5S2/c1-29-9-6-12(17(25)22-8-3-5-14(22)18(26)27)20-16(24)13(10-28)21-15(23)11-4-2-7-19-11/h11-14,19,28H,2-10H2,1H3,(H,20,24)(H,21,23)(H,26,27). The van der Waals surface area contributed by atoms with Crippen LogP contribution in [0.1, 0.15) is 32.1 Å². The molecular weight excluding hydrogens is 416 g/mol. The van der Waals surface area contributed by atoms with Crippen LogP contribution in [0.5, 0.6) is 0 Å². The predicted octanol–water partition coefficient (Wildman–Crippen LogP) is -0.533. The third-order valence-corrected chi connectivity index (χ3v) is 6.25. The van der Waals surface area contributed by atoms with Crippen LogP contribution in [0.3, 0.4) is 0 Å². The Balaban J connectivity index is 2.02. The Labute approximate surface area is 180 Å². The number of nitrogens with one attached hydrogen (secondary N) is 3. The van der Waals surface area contributed by atoms with Crippen LogP contribution in [0.15, 0.2) is 0 Å². The number of amides is 3. The first-order chi connectivity index (χ1) is 13.9. The van der Waals surface area contributed by atoms with Crippen LogP contribution < -0.4 is 16.0 Å². The molecular formula is C18H30N4O5S2. The van der Waals surface area contributed by atoms with E-state index in [0.717, 1.165) is 13.0 Å². The molecule has 4 unspecified atom stereocenters. The maximum atomic E-state index is 13.0. The summed E-state index contributed by atoms with van der Waals surface area (Å²) >= 11 is 5.71. The first-order valence-electron chi connectivity index (χ1n) is 9.86. The van der Waals surface area contributed by atoms with E-state index in [0.29, 0.717) is 38.0 Å². The number of aliphatic carboxylic acids is 1. The van der Waals surface area contributed by atoms with Crippen molar-refractivity contribution in [3.05, 3.63) is 0 Å². The lowest BCUT2D eigenvalue weighted by molar-refractivity contribution is -0.149. The van der Waals surface area contributed by atoms with Gasteiger partial charge in [-0.05, 0) is 50.7 Å². The second-order valence-electron chi connectivity index (χ2n) is 7.26. The van der Waals surface area contributed by atoms with Crippen molar-refractivity contribution in [2.75, 3.05) is 30.9 Å². The molecule has 29 heavy (non-hydrogen) atoms. The van der Waals surface area contributed by atoms with Crippen molar-refractivity contribution >= 4 is 48.1 Å². The molecule has 2 aliphatic rings. The van der Waals surface area contributed by atoms with Crippen molar-refractivity contribution in [3.63, 3.8) is 0 Å². The minimum absolute atomic E-state index is 0.0925. The van der Waals surface area contributed by atoms with Crippen LogP contribution in [0, 0.1) is 0 Å². The first kappa shape index (κ1) is 23.8. The molecule has 0 bridgehead atoms. The molecule has 0 aromatic heterocycles. The van der Waals surface area contributed by atoms with E-state index in [4.69, 9.17) is 0 Å². The molecule has 0 spiro atoms. The number of carbonyl (C=O) groups excluding carboxylic acids is 3. The number of carboxylic acids is 1. The van der Waals surface area contributed by atoms with Gasteiger partial charge in [0.15, 0.2) is 0 Å². The summed E-state index contributed by atoms with van der Waals surface area (Å²) in [4.78, 5) is 50.8. The molecule has 0 aromatic carbocycles. The number of hydrogen-bond acceptors (Lipinski definition) is 7. The van der Waals surface area contributed by atoms with Gasteiger partial charge in [-0.3, -0.25) is 14.4 Å². The second kappa shape index (κ2) is 11.7. The zero-order chi connectivity index (χ0) is 21.4. The van der Waals surface area contributed by atoms with E-state index in [-0.39, 0.29) is 23.6 Å². The topological polar surface area (TPSA) is 128 Å². The second-order valence-corrected chi connectivity index (χ2v) is 8.61. The minimum Gasteiger partial charge on any atom is -0.480 e. The van der Waals surface area contributed by atoms with Crippen molar-refractivity contribution in [1.29, 1.82) is 0 Å². The lowest BCUT2D eigenvalue weighted by Crippen LogP contribution is -2.57. The molecule has 4 atom stereocenters. The number of rotatable bonds is 10. The number of carbonyl (C=O) groups is 4. The zero-order valence-corrected chi connectivity index (χ0v) is 18.3. The summed E-state index contributed by atoms with van der Waals surface area (Å²) in [6.07, 6.45) is 4.93. The monoisotopic (exact) mass is 446 g/mol. The van der Waals surface area contributed by atoms with Gasteiger partial charge in [0.2, 0.25) is 17.7 Å². The van der Waals surface area contributed by atoms with E-state index >= 15 is 0 Å². The van der Waals surface area contributed by atoms with Gasteiger partial charge in [-0.1, -0.05) is 0 Å². The smallest absolute Gasteiger partial charge is 0.326 e. The van der Waals surface area contributed by atoms with Gasteiger partial charge in [0.05, 0.1) is 6.04 Å². The fourth-order valence-electron chi connectivity index (χ4n) is 3.63. The highest BCUT2D eigenvalue weighted by molar-refractivity contribution is 7.98. The highest BCUT2D eigenvalue weighted by atomic mass is 32.2. The third-order valence-electron chi connectivity index (χ3n) is 5.24. The van der Waals surface area contributed by atoms with E-state index in [9.17, 15) is 24.3 Å². The molecule has 3 amide bonds. The van der Waals surface area contributed by atoms with Crippen LogP contribution in [0.25, 0.3) is 0 Å². The van der Waals surface area contributed by atoms with Gasteiger partial charge < -0.3 is 26.0 Å². The van der Waals surface area contributed by atoms with Gasteiger partial charge >= 0.3 is 5.97 Å². The quantitative estimate of drug-likeness (QED) is 0.285. The summed E-state index contributed by atoms with van der Waals surface area (Å²) in [6, 6.07) is -2.88. The van der Waals surface area contributed by atoms with Crippen molar-refractivity contribution in [1.82, 2.24) is 20.9 Å². The van der Waals surface area contributed by atoms with Gasteiger partial charge in [0.1, 0.15) is 18.1 Å². The molecule has 0 radical (unpaired) electrons. The molecule has 2 rings (SSSR count). The molecule has 2 heterocycles. The summed E-state index contributed by atoms with van der Waals surface area (Å²) in [5.41, 5.74) is 0. The zero-order valence-electron chi connectivity index (χ0n) is 16.6. The van der Waals surface area contributed by atoms with Crippen LogP contribution in [-0.4, -0.2) is 88.7 Å². The highest BCUT2D eigenvalue weighted by Crippen LogP contribution is 2.19. The predicted molar refractivity (Wildman–Crippen MR) is 114 cm³/mol. The Morgan fingerprint density at radius 2 is 1.97 bits per heavy atom. The van der Waals surface area contributed by atoms with Crippen molar-refractivity contribution in [2.24, 2.45) is 0 Å². The summed E-state index contributed by atoms with van der Waals surface area (Å²) < 4.78 is 0. The van der Waals surface area contributed by atoms with Crippen molar-refractivity contribution in [3.8, 4) is 0 Å². The van der Waals surface area contributed by atoms with Gasteiger partial charge in [0.25, 0.3) is 0 Å².